The first-order chi connectivity index (χ1) is 24.3. The molecular formula is C47H33NO. The van der Waals surface area contributed by atoms with Crippen molar-refractivity contribution in [1.82, 2.24) is 4.98 Å². The third-order valence-corrected chi connectivity index (χ3v) is 9.51. The van der Waals surface area contributed by atoms with Crippen LogP contribution >= 0.6 is 0 Å². The average Bonchev–Trinajstić information content (AvgIpc) is 3.57. The standard InChI is InChI=1S/C47H33NO/c1-4-13-32(14-5-1)39-30-44(34-17-8-3-9-18-34)48-45(31-39)38-20-12-19-37(27-38)42-28-35(23-25-40(42)33-15-6-2-7-16-33)36-24-26-47-43(29-36)41-21-10-11-22-46(41)49-47/h1-9,12-31H,10-11H2. The highest BCUT2D eigenvalue weighted by Crippen LogP contribution is 2.38. The van der Waals surface area contributed by atoms with Gasteiger partial charge in [0.1, 0.15) is 11.0 Å². The van der Waals surface area contributed by atoms with Crippen molar-refractivity contribution < 1.29 is 4.42 Å². The smallest absolute Gasteiger partial charge is 0.135 e. The van der Waals surface area contributed by atoms with Gasteiger partial charge >= 0.3 is 0 Å². The number of benzene rings is 6. The molecule has 0 amide bonds. The van der Waals surface area contributed by atoms with Crippen molar-refractivity contribution in [3.8, 4) is 67.0 Å². The Bertz CT molecular complexity index is 2520. The highest BCUT2D eigenvalue weighted by molar-refractivity contribution is 5.91. The summed E-state index contributed by atoms with van der Waals surface area (Å²) in [6, 6.07) is 58.3. The van der Waals surface area contributed by atoms with Crippen molar-refractivity contribution in [3.63, 3.8) is 0 Å². The highest BCUT2D eigenvalue weighted by atomic mass is 16.3. The molecule has 0 unspecified atom stereocenters. The lowest BCUT2D eigenvalue weighted by Crippen LogP contribution is -2.22. The molecule has 2 heteroatoms. The molecule has 2 heterocycles. The molecule has 0 aliphatic heterocycles. The molecule has 0 N–H and O–H groups in total. The molecule has 6 aromatic carbocycles. The fourth-order valence-electron chi connectivity index (χ4n) is 7.03. The summed E-state index contributed by atoms with van der Waals surface area (Å²) in [6.07, 6.45) is 6.60. The van der Waals surface area contributed by atoms with Crippen LogP contribution in [-0.2, 0) is 0 Å². The van der Waals surface area contributed by atoms with Gasteiger partial charge in [0.2, 0.25) is 0 Å². The monoisotopic (exact) mass is 627 g/mol. The zero-order valence-corrected chi connectivity index (χ0v) is 27.0. The summed E-state index contributed by atoms with van der Waals surface area (Å²) in [4.78, 5) is 5.22. The van der Waals surface area contributed by atoms with Crippen molar-refractivity contribution in [2.75, 3.05) is 0 Å². The number of hydrogen-bond donors (Lipinski definition) is 0. The fourth-order valence-corrected chi connectivity index (χ4v) is 7.03. The maximum absolute atomic E-state index is 6.19. The Morgan fingerprint density at radius 1 is 0.388 bits per heavy atom. The number of hydrogen-bond acceptors (Lipinski definition) is 2. The number of fused-ring (bicyclic) bond motifs is 3. The Morgan fingerprint density at radius 2 is 1.00 bits per heavy atom. The van der Waals surface area contributed by atoms with E-state index in [4.69, 9.17) is 9.40 Å². The van der Waals surface area contributed by atoms with Crippen LogP contribution in [0.5, 0.6) is 0 Å². The quantitative estimate of drug-likeness (QED) is 0.183. The number of nitrogens with zero attached hydrogens (tertiary/aromatic N) is 1. The lowest BCUT2D eigenvalue weighted by molar-refractivity contribution is 0.572. The van der Waals surface area contributed by atoms with Gasteiger partial charge in [0.15, 0.2) is 0 Å². The summed E-state index contributed by atoms with van der Waals surface area (Å²) in [6.45, 7) is 0. The van der Waals surface area contributed by atoms with E-state index >= 15 is 0 Å². The third-order valence-electron chi connectivity index (χ3n) is 9.51. The van der Waals surface area contributed by atoms with Gasteiger partial charge in [-0.1, -0.05) is 133 Å². The van der Waals surface area contributed by atoms with Crippen molar-refractivity contribution in [3.05, 3.63) is 174 Å². The molecule has 0 atom stereocenters. The number of pyridine rings is 1. The highest BCUT2D eigenvalue weighted by Gasteiger charge is 2.15. The number of rotatable bonds is 6. The van der Waals surface area contributed by atoms with Gasteiger partial charge in [-0.05, 0) is 99.8 Å². The lowest BCUT2D eigenvalue weighted by atomic mass is 9.90. The Labute approximate surface area is 286 Å². The summed E-state index contributed by atoms with van der Waals surface area (Å²) in [5.41, 5.74) is 15.4. The van der Waals surface area contributed by atoms with Gasteiger partial charge in [-0.15, -0.1) is 0 Å². The minimum Gasteiger partial charge on any atom is -0.456 e. The first kappa shape index (κ1) is 28.9. The molecule has 0 fully saturated rings. The molecule has 49 heavy (non-hydrogen) atoms. The molecule has 1 aliphatic carbocycles. The van der Waals surface area contributed by atoms with E-state index in [1.54, 1.807) is 0 Å². The van der Waals surface area contributed by atoms with E-state index in [1.807, 2.05) is 6.07 Å². The molecular weight excluding hydrogens is 595 g/mol. The summed E-state index contributed by atoms with van der Waals surface area (Å²) >= 11 is 0. The number of aromatic nitrogens is 1. The van der Waals surface area contributed by atoms with Crippen molar-refractivity contribution in [2.45, 2.75) is 12.8 Å². The van der Waals surface area contributed by atoms with Crippen LogP contribution in [0.25, 0.3) is 90.1 Å². The van der Waals surface area contributed by atoms with Crippen LogP contribution in [0, 0.1) is 0 Å². The molecule has 0 radical (unpaired) electrons. The van der Waals surface area contributed by atoms with Crippen molar-refractivity contribution >= 4 is 23.1 Å². The minimum absolute atomic E-state index is 0.942. The molecule has 0 saturated carbocycles. The molecule has 8 aromatic rings. The SMILES string of the molecule is C1=c2oc3ccc(-c4ccc(-c5ccccc5)c(-c5cccc(-c6cc(-c7ccccc7)cc(-c7ccccc7)n6)c5)c4)cc3c2=CCC1. The molecule has 9 rings (SSSR count). The maximum atomic E-state index is 6.19. The summed E-state index contributed by atoms with van der Waals surface area (Å²) in [5.74, 6) is 0. The number of furan rings is 1. The molecule has 232 valence electrons. The molecule has 0 saturated heterocycles. The molecule has 2 aromatic heterocycles. The molecule has 2 nitrogen and oxygen atoms in total. The Kier molecular flexibility index (Phi) is 7.33. The Hall–Kier alpha value is -6.25. The maximum Gasteiger partial charge on any atom is 0.135 e. The normalized spacial score (nSPS) is 12.2. The fraction of sp³-hybridized carbons (Fsp3) is 0.0426. The van der Waals surface area contributed by atoms with E-state index in [9.17, 15) is 0 Å². The van der Waals surface area contributed by atoms with E-state index in [0.29, 0.717) is 0 Å². The Morgan fingerprint density at radius 3 is 1.78 bits per heavy atom. The van der Waals surface area contributed by atoms with E-state index in [2.05, 4.69) is 170 Å². The Balaban J connectivity index is 1.20. The van der Waals surface area contributed by atoms with Crippen molar-refractivity contribution in [1.29, 1.82) is 0 Å². The first-order valence-electron chi connectivity index (χ1n) is 16.9. The van der Waals surface area contributed by atoms with E-state index < -0.39 is 0 Å². The average molecular weight is 628 g/mol. The van der Waals surface area contributed by atoms with Gasteiger partial charge in [-0.2, -0.15) is 0 Å². The lowest BCUT2D eigenvalue weighted by Gasteiger charge is -2.15. The van der Waals surface area contributed by atoms with Crippen LogP contribution < -0.4 is 10.6 Å². The second kappa shape index (κ2) is 12.4. The first-order valence-corrected chi connectivity index (χ1v) is 16.9. The molecule has 0 spiro atoms. The van der Waals surface area contributed by atoms with E-state index in [0.717, 1.165) is 57.5 Å². The van der Waals surface area contributed by atoms with Crippen LogP contribution in [0.15, 0.2) is 168 Å². The van der Waals surface area contributed by atoms with Gasteiger partial charge in [0.05, 0.1) is 11.4 Å². The van der Waals surface area contributed by atoms with Crippen LogP contribution in [0.3, 0.4) is 0 Å². The minimum atomic E-state index is 0.942. The van der Waals surface area contributed by atoms with Crippen LogP contribution in [0.1, 0.15) is 12.8 Å². The predicted octanol–water partition coefficient (Wildman–Crippen LogP) is 11.2. The predicted molar refractivity (Wildman–Crippen MR) is 204 cm³/mol. The second-order valence-electron chi connectivity index (χ2n) is 12.6. The zero-order chi connectivity index (χ0) is 32.6. The molecule has 1 aliphatic rings. The second-order valence-corrected chi connectivity index (χ2v) is 12.6. The van der Waals surface area contributed by atoms with Crippen LogP contribution in [0.2, 0.25) is 0 Å². The van der Waals surface area contributed by atoms with Gasteiger partial charge in [-0.25, -0.2) is 4.98 Å². The molecule has 0 bridgehead atoms. The van der Waals surface area contributed by atoms with Gasteiger partial charge in [0.25, 0.3) is 0 Å². The van der Waals surface area contributed by atoms with E-state index in [1.165, 1.54) is 44.0 Å². The van der Waals surface area contributed by atoms with Gasteiger partial charge in [0, 0.05) is 21.7 Å². The van der Waals surface area contributed by atoms with Crippen molar-refractivity contribution in [2.24, 2.45) is 0 Å². The van der Waals surface area contributed by atoms with E-state index in [-0.39, 0.29) is 0 Å². The summed E-state index contributed by atoms with van der Waals surface area (Å²) in [7, 11) is 0. The summed E-state index contributed by atoms with van der Waals surface area (Å²) < 4.78 is 6.19. The topological polar surface area (TPSA) is 26.0 Å². The zero-order valence-electron chi connectivity index (χ0n) is 27.0. The largest absolute Gasteiger partial charge is 0.456 e. The van der Waals surface area contributed by atoms with Gasteiger partial charge < -0.3 is 4.42 Å². The van der Waals surface area contributed by atoms with Crippen LogP contribution in [0.4, 0.5) is 0 Å². The third kappa shape index (κ3) is 5.58. The van der Waals surface area contributed by atoms with Crippen LogP contribution in [-0.4, -0.2) is 4.98 Å². The summed E-state index contributed by atoms with van der Waals surface area (Å²) in [5, 5.41) is 2.40. The van der Waals surface area contributed by atoms with Gasteiger partial charge in [-0.3, -0.25) is 0 Å².